The molecule has 1 aliphatic carbocycles. The molecule has 1 heterocycles. The minimum atomic E-state index is -0.813. The number of carbonyl (C=O) groups is 2. The maximum Gasteiger partial charge on any atom is 0.351 e. The number of amides is 1. The molecule has 144 valence electrons. The Morgan fingerprint density at radius 1 is 1.26 bits per heavy atom. The molecule has 1 saturated carbocycles. The highest BCUT2D eigenvalue weighted by Crippen LogP contribution is 2.29. The van der Waals surface area contributed by atoms with Crippen molar-refractivity contribution in [3.8, 4) is 10.6 Å². The minimum Gasteiger partial charge on any atom is -0.448 e. The SMILES string of the molecule is CCc1ccc(-c2nc(C)c(C(=O)OC(C)C(=O)NC3CCCC3)s2)cc1. The summed E-state index contributed by atoms with van der Waals surface area (Å²) in [4.78, 5) is 29.7. The van der Waals surface area contributed by atoms with Gasteiger partial charge in [0.05, 0.1) is 5.69 Å². The van der Waals surface area contributed by atoms with Crippen molar-refractivity contribution in [1.82, 2.24) is 10.3 Å². The molecule has 0 spiro atoms. The Morgan fingerprint density at radius 3 is 2.56 bits per heavy atom. The van der Waals surface area contributed by atoms with E-state index in [0.29, 0.717) is 10.6 Å². The van der Waals surface area contributed by atoms with Gasteiger partial charge in [-0.15, -0.1) is 11.3 Å². The molecule has 0 radical (unpaired) electrons. The van der Waals surface area contributed by atoms with Gasteiger partial charge in [-0.2, -0.15) is 0 Å². The fourth-order valence-electron chi connectivity index (χ4n) is 3.25. The quantitative estimate of drug-likeness (QED) is 0.752. The monoisotopic (exact) mass is 386 g/mol. The Balaban J connectivity index is 1.65. The normalized spacial score (nSPS) is 15.5. The number of rotatable bonds is 6. The number of hydrogen-bond donors (Lipinski definition) is 1. The van der Waals surface area contributed by atoms with E-state index in [1.165, 1.54) is 16.9 Å². The van der Waals surface area contributed by atoms with E-state index in [4.69, 9.17) is 4.74 Å². The zero-order valence-electron chi connectivity index (χ0n) is 16.1. The Bertz CT molecular complexity index is 807. The lowest BCUT2D eigenvalue weighted by Gasteiger charge is -2.16. The highest BCUT2D eigenvalue weighted by molar-refractivity contribution is 7.17. The lowest BCUT2D eigenvalue weighted by Crippen LogP contribution is -2.40. The van der Waals surface area contributed by atoms with Gasteiger partial charge in [-0.3, -0.25) is 4.79 Å². The highest BCUT2D eigenvalue weighted by Gasteiger charge is 2.25. The number of aromatic nitrogens is 1. The Hall–Kier alpha value is -2.21. The summed E-state index contributed by atoms with van der Waals surface area (Å²) in [6.07, 6.45) is 4.45. The number of nitrogens with one attached hydrogen (secondary N) is 1. The number of ether oxygens (including phenoxy) is 1. The molecule has 1 unspecified atom stereocenters. The van der Waals surface area contributed by atoms with Crippen molar-refractivity contribution in [2.24, 2.45) is 0 Å². The smallest absolute Gasteiger partial charge is 0.351 e. The van der Waals surface area contributed by atoms with Gasteiger partial charge in [0.1, 0.15) is 9.88 Å². The molecular weight excluding hydrogens is 360 g/mol. The van der Waals surface area contributed by atoms with Crippen molar-refractivity contribution in [3.63, 3.8) is 0 Å². The third-order valence-electron chi connectivity index (χ3n) is 4.95. The molecule has 0 saturated heterocycles. The first-order valence-electron chi connectivity index (χ1n) is 9.56. The van der Waals surface area contributed by atoms with Crippen molar-refractivity contribution >= 4 is 23.2 Å². The van der Waals surface area contributed by atoms with Crippen LogP contribution in [0.1, 0.15) is 60.5 Å². The van der Waals surface area contributed by atoms with Crippen LogP contribution in [0, 0.1) is 6.92 Å². The van der Waals surface area contributed by atoms with Crippen LogP contribution in [-0.4, -0.2) is 29.0 Å². The van der Waals surface area contributed by atoms with Gasteiger partial charge in [0.25, 0.3) is 5.91 Å². The second kappa shape index (κ2) is 8.65. The summed E-state index contributed by atoms with van der Waals surface area (Å²) in [5.41, 5.74) is 2.86. The van der Waals surface area contributed by atoms with E-state index in [1.807, 2.05) is 12.1 Å². The number of thiazole rings is 1. The Labute approximate surface area is 164 Å². The van der Waals surface area contributed by atoms with E-state index in [0.717, 1.165) is 42.7 Å². The van der Waals surface area contributed by atoms with E-state index in [1.54, 1.807) is 13.8 Å². The van der Waals surface area contributed by atoms with Crippen LogP contribution in [0.3, 0.4) is 0 Å². The number of benzene rings is 1. The van der Waals surface area contributed by atoms with Crippen molar-refractivity contribution < 1.29 is 14.3 Å². The molecule has 1 atom stereocenters. The lowest BCUT2D eigenvalue weighted by atomic mass is 10.1. The van der Waals surface area contributed by atoms with Crippen molar-refractivity contribution in [2.45, 2.75) is 65.0 Å². The van der Waals surface area contributed by atoms with E-state index in [-0.39, 0.29) is 11.9 Å². The summed E-state index contributed by atoms with van der Waals surface area (Å²) < 4.78 is 5.39. The molecule has 5 nitrogen and oxygen atoms in total. The highest BCUT2D eigenvalue weighted by atomic mass is 32.1. The summed E-state index contributed by atoms with van der Waals surface area (Å²) >= 11 is 1.30. The number of hydrogen-bond acceptors (Lipinski definition) is 5. The van der Waals surface area contributed by atoms with Gasteiger partial charge in [0.15, 0.2) is 6.10 Å². The van der Waals surface area contributed by atoms with Crippen LogP contribution in [-0.2, 0) is 16.0 Å². The number of aryl methyl sites for hydroxylation is 2. The minimum absolute atomic E-state index is 0.210. The number of esters is 1. The Kier molecular flexibility index (Phi) is 6.26. The maximum atomic E-state index is 12.5. The van der Waals surface area contributed by atoms with Gasteiger partial charge in [-0.05, 0) is 38.7 Å². The zero-order valence-corrected chi connectivity index (χ0v) is 16.9. The van der Waals surface area contributed by atoms with E-state index in [2.05, 4.69) is 29.4 Å². The second-order valence-electron chi connectivity index (χ2n) is 7.02. The molecule has 1 N–H and O–H groups in total. The molecule has 6 heteroatoms. The van der Waals surface area contributed by atoms with Gasteiger partial charge < -0.3 is 10.1 Å². The third kappa shape index (κ3) is 4.75. The molecule has 1 aromatic heterocycles. The average Bonchev–Trinajstić information content (AvgIpc) is 3.31. The first-order chi connectivity index (χ1) is 13.0. The average molecular weight is 387 g/mol. The zero-order chi connectivity index (χ0) is 19.4. The van der Waals surface area contributed by atoms with Gasteiger partial charge in [-0.25, -0.2) is 9.78 Å². The van der Waals surface area contributed by atoms with Crippen molar-refractivity contribution in [2.75, 3.05) is 0 Å². The molecule has 1 fully saturated rings. The fourth-order valence-corrected chi connectivity index (χ4v) is 4.20. The van der Waals surface area contributed by atoms with Gasteiger partial charge in [0, 0.05) is 11.6 Å². The van der Waals surface area contributed by atoms with Crippen LogP contribution < -0.4 is 5.32 Å². The molecule has 0 aliphatic heterocycles. The largest absolute Gasteiger partial charge is 0.448 e. The number of nitrogens with zero attached hydrogens (tertiary/aromatic N) is 1. The fraction of sp³-hybridized carbons (Fsp3) is 0.476. The topological polar surface area (TPSA) is 68.3 Å². The van der Waals surface area contributed by atoms with Crippen LogP contribution in [0.25, 0.3) is 10.6 Å². The molecule has 1 aromatic carbocycles. The second-order valence-corrected chi connectivity index (χ2v) is 8.02. The summed E-state index contributed by atoms with van der Waals surface area (Å²) in [5.74, 6) is -0.719. The first-order valence-corrected chi connectivity index (χ1v) is 10.4. The predicted octanol–water partition coefficient (Wildman–Crippen LogP) is 4.29. The molecule has 2 aromatic rings. The van der Waals surface area contributed by atoms with Crippen molar-refractivity contribution in [1.29, 1.82) is 0 Å². The summed E-state index contributed by atoms with van der Waals surface area (Å²) in [6.45, 7) is 5.52. The summed E-state index contributed by atoms with van der Waals surface area (Å²) in [7, 11) is 0. The first kappa shape index (κ1) is 19.5. The van der Waals surface area contributed by atoms with E-state index in [9.17, 15) is 9.59 Å². The summed E-state index contributed by atoms with van der Waals surface area (Å²) in [5, 5.41) is 3.75. The van der Waals surface area contributed by atoms with Crippen LogP contribution in [0.15, 0.2) is 24.3 Å². The van der Waals surface area contributed by atoms with Crippen molar-refractivity contribution in [3.05, 3.63) is 40.4 Å². The van der Waals surface area contributed by atoms with Crippen LogP contribution >= 0.6 is 11.3 Å². The van der Waals surface area contributed by atoms with Gasteiger partial charge in [-0.1, -0.05) is 44.0 Å². The standard InChI is InChI=1S/C21H26N2O3S/c1-4-15-9-11-16(12-10-15)20-22-13(2)18(27-20)21(25)26-14(3)19(24)23-17-7-5-6-8-17/h9-12,14,17H,4-8H2,1-3H3,(H,23,24). The lowest BCUT2D eigenvalue weighted by molar-refractivity contribution is -0.129. The molecule has 3 rings (SSSR count). The molecule has 1 aliphatic rings. The van der Waals surface area contributed by atoms with Crippen LogP contribution in [0.4, 0.5) is 0 Å². The molecule has 1 amide bonds. The van der Waals surface area contributed by atoms with Crippen LogP contribution in [0.2, 0.25) is 0 Å². The van der Waals surface area contributed by atoms with Crippen LogP contribution in [0.5, 0.6) is 0 Å². The Morgan fingerprint density at radius 2 is 1.93 bits per heavy atom. The molecular formula is C21H26N2O3S. The third-order valence-corrected chi connectivity index (χ3v) is 6.13. The van der Waals surface area contributed by atoms with E-state index >= 15 is 0 Å². The van der Waals surface area contributed by atoms with Gasteiger partial charge >= 0.3 is 5.97 Å². The summed E-state index contributed by atoms with van der Waals surface area (Å²) in [6, 6.07) is 8.38. The predicted molar refractivity (Wildman–Crippen MR) is 107 cm³/mol. The molecule has 27 heavy (non-hydrogen) atoms. The molecule has 0 bridgehead atoms. The van der Waals surface area contributed by atoms with E-state index < -0.39 is 12.1 Å². The number of carbonyl (C=O) groups excluding carboxylic acids is 2. The van der Waals surface area contributed by atoms with Gasteiger partial charge in [0.2, 0.25) is 0 Å². The maximum absolute atomic E-state index is 12.5.